The molecule has 164 valence electrons. The number of pyridine rings is 1. The van der Waals surface area contributed by atoms with E-state index in [2.05, 4.69) is 53.6 Å². The Balaban J connectivity index is 1.47. The molecule has 0 saturated carbocycles. The molecule has 7 nitrogen and oxygen atoms in total. The van der Waals surface area contributed by atoms with E-state index in [9.17, 15) is 4.79 Å². The summed E-state index contributed by atoms with van der Waals surface area (Å²) < 4.78 is 3.90. The largest absolute Gasteiger partial charge is 0.341 e. The average Bonchev–Trinajstić information content (AvgIpc) is 3.54. The molecule has 1 N–H and O–H groups in total. The first-order valence-electron chi connectivity index (χ1n) is 11.5. The lowest BCUT2D eigenvalue weighted by Crippen LogP contribution is -2.31. The minimum Gasteiger partial charge on any atom is -0.341 e. The first kappa shape index (κ1) is 20.4. The van der Waals surface area contributed by atoms with Gasteiger partial charge in [-0.15, -0.1) is 10.2 Å². The van der Waals surface area contributed by atoms with Crippen LogP contribution in [0.3, 0.4) is 0 Å². The maximum Gasteiger partial charge on any atom is 0.272 e. The van der Waals surface area contributed by atoms with E-state index in [1.807, 2.05) is 33.5 Å². The molecule has 3 heterocycles. The van der Waals surface area contributed by atoms with E-state index in [1.165, 1.54) is 5.56 Å². The Morgan fingerprint density at radius 1 is 1.09 bits per heavy atom. The van der Waals surface area contributed by atoms with Crippen LogP contribution in [0.1, 0.15) is 72.3 Å². The van der Waals surface area contributed by atoms with Gasteiger partial charge in [-0.2, -0.15) is 5.10 Å². The molecular formula is C25H28N6O. The van der Waals surface area contributed by atoms with Gasteiger partial charge in [0.15, 0.2) is 17.2 Å². The third-order valence-electron chi connectivity index (χ3n) is 6.27. The first-order chi connectivity index (χ1) is 15.7. The van der Waals surface area contributed by atoms with Crippen LogP contribution in [0, 0.1) is 0 Å². The van der Waals surface area contributed by atoms with Gasteiger partial charge >= 0.3 is 0 Å². The van der Waals surface area contributed by atoms with E-state index >= 15 is 0 Å². The third-order valence-corrected chi connectivity index (χ3v) is 6.27. The number of aryl methyl sites for hydroxylation is 1. The van der Waals surface area contributed by atoms with Crippen LogP contribution >= 0.6 is 0 Å². The highest BCUT2D eigenvalue weighted by molar-refractivity contribution is 5.94. The normalized spacial score (nSPS) is 13.9. The highest BCUT2D eigenvalue weighted by Crippen LogP contribution is 2.29. The molecule has 0 spiro atoms. The van der Waals surface area contributed by atoms with E-state index in [-0.39, 0.29) is 11.9 Å². The first-order valence-corrected chi connectivity index (χ1v) is 11.5. The summed E-state index contributed by atoms with van der Waals surface area (Å²) in [6, 6.07) is 14.0. The van der Waals surface area contributed by atoms with Crippen molar-refractivity contribution in [1.82, 2.24) is 29.7 Å². The minimum absolute atomic E-state index is 0.141. The number of amides is 1. The van der Waals surface area contributed by atoms with Gasteiger partial charge in [-0.3, -0.25) is 9.20 Å². The molecule has 0 saturated heterocycles. The topological polar surface area (TPSA) is 77.1 Å². The summed E-state index contributed by atoms with van der Waals surface area (Å²) in [4.78, 5) is 13.4. The van der Waals surface area contributed by atoms with E-state index in [0.29, 0.717) is 5.69 Å². The fourth-order valence-corrected chi connectivity index (χ4v) is 4.58. The monoisotopic (exact) mass is 428 g/mol. The Bertz CT molecular complexity index is 1250. The van der Waals surface area contributed by atoms with E-state index in [4.69, 9.17) is 5.10 Å². The molecule has 3 aromatic heterocycles. The van der Waals surface area contributed by atoms with Crippen LogP contribution in [0.4, 0.5) is 0 Å². The number of carbonyl (C=O) groups is 1. The summed E-state index contributed by atoms with van der Waals surface area (Å²) in [5, 5.41) is 16.6. The zero-order valence-electron chi connectivity index (χ0n) is 18.6. The van der Waals surface area contributed by atoms with Crippen molar-refractivity contribution in [3.8, 4) is 5.69 Å². The molecule has 1 aliphatic rings. The van der Waals surface area contributed by atoms with Crippen molar-refractivity contribution in [3.05, 3.63) is 77.0 Å². The second-order valence-corrected chi connectivity index (χ2v) is 8.36. The molecule has 1 atom stereocenters. The Hall–Kier alpha value is -3.48. The molecule has 1 aromatic carbocycles. The van der Waals surface area contributed by atoms with Crippen LogP contribution in [0.15, 0.2) is 48.7 Å². The number of carbonyl (C=O) groups excluding carboxylic acids is 1. The Kier molecular flexibility index (Phi) is 5.47. The van der Waals surface area contributed by atoms with Crippen molar-refractivity contribution in [2.75, 3.05) is 0 Å². The number of nitrogens with zero attached hydrogens (tertiary/aromatic N) is 5. The van der Waals surface area contributed by atoms with E-state index in [0.717, 1.165) is 66.9 Å². The van der Waals surface area contributed by atoms with Crippen LogP contribution < -0.4 is 5.32 Å². The Morgan fingerprint density at radius 2 is 1.94 bits per heavy atom. The molecule has 1 aliphatic carbocycles. The van der Waals surface area contributed by atoms with Crippen LogP contribution in [-0.2, 0) is 19.3 Å². The smallest absolute Gasteiger partial charge is 0.272 e. The predicted octanol–water partition coefficient (Wildman–Crippen LogP) is 4.24. The van der Waals surface area contributed by atoms with E-state index in [1.54, 1.807) is 0 Å². The van der Waals surface area contributed by atoms with Crippen molar-refractivity contribution in [1.29, 1.82) is 0 Å². The summed E-state index contributed by atoms with van der Waals surface area (Å²) in [6.45, 7) is 4.25. The van der Waals surface area contributed by atoms with Gasteiger partial charge in [-0.25, -0.2) is 4.68 Å². The summed E-state index contributed by atoms with van der Waals surface area (Å²) >= 11 is 0. The molecule has 0 bridgehead atoms. The molecule has 4 aromatic rings. The van der Waals surface area contributed by atoms with Gasteiger partial charge in [0.05, 0.1) is 11.7 Å². The van der Waals surface area contributed by atoms with Gasteiger partial charge in [0, 0.05) is 17.5 Å². The maximum atomic E-state index is 13.4. The van der Waals surface area contributed by atoms with Crippen LogP contribution in [0.25, 0.3) is 11.3 Å². The van der Waals surface area contributed by atoms with Gasteiger partial charge in [-0.1, -0.05) is 38.5 Å². The molecule has 0 fully saturated rings. The molecule has 0 radical (unpaired) electrons. The number of fused-ring (bicyclic) bond motifs is 2. The van der Waals surface area contributed by atoms with E-state index < -0.39 is 0 Å². The summed E-state index contributed by atoms with van der Waals surface area (Å²) in [5.41, 5.74) is 5.83. The van der Waals surface area contributed by atoms with Crippen molar-refractivity contribution in [3.63, 3.8) is 0 Å². The lowest BCUT2D eigenvalue weighted by Gasteiger charge is -2.16. The Morgan fingerprint density at radius 3 is 2.72 bits per heavy atom. The van der Waals surface area contributed by atoms with Crippen molar-refractivity contribution < 1.29 is 4.79 Å². The minimum atomic E-state index is -0.226. The lowest BCUT2D eigenvalue weighted by molar-refractivity contribution is 0.0926. The second kappa shape index (κ2) is 8.57. The molecular weight excluding hydrogens is 400 g/mol. The number of aromatic nitrogens is 5. The molecule has 32 heavy (non-hydrogen) atoms. The van der Waals surface area contributed by atoms with Gasteiger partial charge in [-0.05, 0) is 61.9 Å². The van der Waals surface area contributed by atoms with Crippen LogP contribution in [-0.4, -0.2) is 30.3 Å². The molecule has 7 heteroatoms. The fourth-order valence-electron chi connectivity index (χ4n) is 4.58. The number of hydrogen-bond acceptors (Lipinski definition) is 4. The predicted molar refractivity (Wildman–Crippen MR) is 123 cm³/mol. The van der Waals surface area contributed by atoms with Crippen molar-refractivity contribution >= 4 is 11.6 Å². The molecule has 1 amide bonds. The molecule has 1 unspecified atom stereocenters. The number of benzene rings is 1. The maximum absolute atomic E-state index is 13.4. The lowest BCUT2D eigenvalue weighted by atomic mass is 10.1. The quantitative estimate of drug-likeness (QED) is 0.478. The number of rotatable bonds is 7. The van der Waals surface area contributed by atoms with Gasteiger partial charge < -0.3 is 5.32 Å². The summed E-state index contributed by atoms with van der Waals surface area (Å²) in [6.07, 6.45) is 7.52. The van der Waals surface area contributed by atoms with Gasteiger partial charge in [0.25, 0.3) is 5.91 Å². The zero-order chi connectivity index (χ0) is 22.1. The highest BCUT2D eigenvalue weighted by Gasteiger charge is 2.29. The number of hydrogen-bond donors (Lipinski definition) is 1. The third kappa shape index (κ3) is 3.57. The van der Waals surface area contributed by atoms with Crippen molar-refractivity contribution in [2.24, 2.45) is 0 Å². The fraction of sp³-hybridized carbons (Fsp3) is 0.360. The van der Waals surface area contributed by atoms with Crippen LogP contribution in [0.2, 0.25) is 0 Å². The summed E-state index contributed by atoms with van der Waals surface area (Å²) in [5.74, 6) is 0.611. The SMILES string of the molecule is CCCC(NC(=O)c1nn(-c2ccc(CC)cc2)c2c1CCC2)c1nnc2ccccn12. The van der Waals surface area contributed by atoms with Crippen LogP contribution in [0.5, 0.6) is 0 Å². The highest BCUT2D eigenvalue weighted by atomic mass is 16.2. The average molecular weight is 429 g/mol. The molecule has 0 aliphatic heterocycles. The second-order valence-electron chi connectivity index (χ2n) is 8.36. The molecule has 5 rings (SSSR count). The van der Waals surface area contributed by atoms with Crippen molar-refractivity contribution in [2.45, 2.75) is 58.4 Å². The summed E-state index contributed by atoms with van der Waals surface area (Å²) in [7, 11) is 0. The standard InChI is InChI=1S/C25H28N6O/c1-3-8-20(24-28-27-22-11-5-6-16-30(22)24)26-25(32)23-19-9-7-10-21(19)31(29-23)18-14-12-17(4-2)13-15-18/h5-6,11-16,20H,3-4,7-10H2,1-2H3,(H,26,32). The van der Waals surface area contributed by atoms with Gasteiger partial charge in [0.2, 0.25) is 0 Å². The zero-order valence-corrected chi connectivity index (χ0v) is 18.6. The van der Waals surface area contributed by atoms with Gasteiger partial charge in [0.1, 0.15) is 0 Å². The number of nitrogens with one attached hydrogen (secondary N) is 1. The Labute approximate surface area is 187 Å².